The van der Waals surface area contributed by atoms with Crippen LogP contribution in [0.4, 0.5) is 22.7 Å². The Labute approximate surface area is 326 Å². The third-order valence-electron chi connectivity index (χ3n) is 10.4. The number of hydrogen-bond acceptors (Lipinski definition) is 8. The summed E-state index contributed by atoms with van der Waals surface area (Å²) in [5.74, 6) is 1.66. The third kappa shape index (κ3) is 5.83. The minimum absolute atomic E-state index is 0.117. The highest BCUT2D eigenvalue weighted by Gasteiger charge is 2.40. The number of para-hydroxylation sites is 2. The molecule has 4 aliphatic rings. The average Bonchev–Trinajstić information content (AvgIpc) is 3.70. The second kappa shape index (κ2) is 13.5. The van der Waals surface area contributed by atoms with E-state index >= 15 is 0 Å². The SMILES string of the molecule is C=C1Nc2cc(OCc3cc(I)cc(COc4cc5c(cc4OC)C(=O)N4c6ccccc6C[C@H]4C=N5)c3)c(OC)cc2C(=O)N2c3ccccc3C[C@@H]12. The average molecular weight is 831 g/mol. The van der Waals surface area contributed by atoms with Crippen LogP contribution in [0.2, 0.25) is 0 Å². The molecule has 0 saturated heterocycles. The van der Waals surface area contributed by atoms with Gasteiger partial charge < -0.3 is 24.3 Å². The van der Waals surface area contributed by atoms with Gasteiger partial charge in [-0.05, 0) is 87.3 Å². The summed E-state index contributed by atoms with van der Waals surface area (Å²) in [5.41, 5.74) is 8.76. The maximum atomic E-state index is 14.0. The number of carbonyl (C=O) groups excluding carboxylic acids is 2. The lowest BCUT2D eigenvalue weighted by atomic mass is 10.1. The lowest BCUT2D eigenvalue weighted by molar-refractivity contribution is 0.0977. The fraction of sp³-hybridized carbons (Fsp3) is 0.186. The van der Waals surface area contributed by atoms with Gasteiger partial charge in [0.15, 0.2) is 23.0 Å². The summed E-state index contributed by atoms with van der Waals surface area (Å²) in [6, 6.07) is 28.7. The molecule has 0 fully saturated rings. The molecule has 0 bridgehead atoms. The Bertz CT molecular complexity index is 2430. The number of halogens is 1. The molecule has 54 heavy (non-hydrogen) atoms. The molecule has 2 atom stereocenters. The number of amides is 2. The van der Waals surface area contributed by atoms with Gasteiger partial charge in [-0.2, -0.15) is 0 Å². The molecule has 5 aromatic carbocycles. The zero-order valence-corrected chi connectivity index (χ0v) is 31.8. The van der Waals surface area contributed by atoms with E-state index in [1.165, 1.54) is 0 Å². The molecule has 4 heterocycles. The van der Waals surface area contributed by atoms with E-state index in [-0.39, 0.29) is 37.1 Å². The first kappa shape index (κ1) is 34.0. The molecule has 2 amide bonds. The number of aliphatic imine (C=N–C) groups is 1. The van der Waals surface area contributed by atoms with E-state index in [0.29, 0.717) is 51.9 Å². The molecular weight excluding hydrogens is 795 g/mol. The highest BCUT2D eigenvalue weighted by atomic mass is 127. The number of carbonyl (C=O) groups is 2. The zero-order valence-electron chi connectivity index (χ0n) is 29.6. The highest BCUT2D eigenvalue weighted by Crippen LogP contribution is 2.44. The molecule has 0 aliphatic carbocycles. The maximum Gasteiger partial charge on any atom is 0.261 e. The number of anilines is 3. The Balaban J connectivity index is 0.928. The normalized spacial score (nSPS) is 17.6. The van der Waals surface area contributed by atoms with Crippen LogP contribution in [0.5, 0.6) is 23.0 Å². The van der Waals surface area contributed by atoms with Gasteiger partial charge in [0.2, 0.25) is 0 Å². The van der Waals surface area contributed by atoms with Gasteiger partial charge in [0.05, 0.1) is 48.8 Å². The van der Waals surface area contributed by atoms with Gasteiger partial charge >= 0.3 is 0 Å². The molecule has 5 aromatic rings. The molecular formula is C43H35IN4O6. The number of hydrogen-bond donors (Lipinski definition) is 1. The van der Waals surface area contributed by atoms with E-state index in [0.717, 1.165) is 49.3 Å². The third-order valence-corrected chi connectivity index (χ3v) is 11.0. The summed E-state index contributed by atoms with van der Waals surface area (Å²) < 4.78 is 25.1. The zero-order chi connectivity index (χ0) is 37.1. The van der Waals surface area contributed by atoms with Gasteiger partial charge in [-0.15, -0.1) is 0 Å². The number of nitrogens with zero attached hydrogens (tertiary/aromatic N) is 3. The van der Waals surface area contributed by atoms with E-state index in [9.17, 15) is 9.59 Å². The quantitative estimate of drug-likeness (QED) is 0.157. The van der Waals surface area contributed by atoms with Crippen molar-refractivity contribution in [2.75, 3.05) is 29.3 Å². The van der Waals surface area contributed by atoms with Crippen molar-refractivity contribution >= 4 is 63.4 Å². The molecule has 0 aromatic heterocycles. The van der Waals surface area contributed by atoms with Crippen LogP contribution in [0.15, 0.2) is 108 Å². The second-order valence-corrected chi connectivity index (χ2v) is 14.9. The van der Waals surface area contributed by atoms with Gasteiger partial charge in [-0.3, -0.25) is 24.4 Å². The van der Waals surface area contributed by atoms with Gasteiger partial charge in [-0.1, -0.05) is 43.0 Å². The van der Waals surface area contributed by atoms with Crippen molar-refractivity contribution in [3.63, 3.8) is 0 Å². The molecule has 4 aliphatic heterocycles. The first-order chi connectivity index (χ1) is 26.3. The number of methoxy groups -OCH3 is 2. The predicted molar refractivity (Wildman–Crippen MR) is 216 cm³/mol. The van der Waals surface area contributed by atoms with Crippen molar-refractivity contribution in [1.29, 1.82) is 0 Å². The standard InChI is InChI=1S/C43H35IN4O6/c1-24-37-16-28-9-5-7-11-36(28)48(37)43(50)32-18-39(52-3)41(20-34(32)46-24)54-23-26-12-25(13-29(44)14-26)22-53-40-19-33-31(17-38(40)51-2)42(49)47-30(21-45-33)15-27-8-4-6-10-35(27)47/h4-14,17-21,30,37,46H,1,15-16,22-23H2,2-3H3/t30-,37-/m0/s1. The topological polar surface area (TPSA) is 102 Å². The van der Waals surface area contributed by atoms with E-state index in [1.54, 1.807) is 32.4 Å². The van der Waals surface area contributed by atoms with E-state index in [2.05, 4.69) is 46.6 Å². The van der Waals surface area contributed by atoms with Gasteiger partial charge in [0.1, 0.15) is 13.2 Å². The molecule has 9 rings (SSSR count). The fourth-order valence-electron chi connectivity index (χ4n) is 7.81. The van der Waals surface area contributed by atoms with Crippen molar-refractivity contribution in [2.24, 2.45) is 4.99 Å². The lowest BCUT2D eigenvalue weighted by Gasteiger charge is -2.24. The number of fused-ring (bicyclic) bond motifs is 8. The van der Waals surface area contributed by atoms with Crippen molar-refractivity contribution in [1.82, 2.24) is 0 Å². The second-order valence-electron chi connectivity index (χ2n) is 13.6. The molecule has 0 unspecified atom stereocenters. The maximum absolute atomic E-state index is 14.0. The molecule has 1 N–H and O–H groups in total. The molecule has 0 saturated carbocycles. The molecule has 11 heteroatoms. The Morgan fingerprint density at radius 2 is 1.33 bits per heavy atom. The predicted octanol–water partition coefficient (Wildman–Crippen LogP) is 8.26. The molecule has 0 spiro atoms. The van der Waals surface area contributed by atoms with E-state index in [1.807, 2.05) is 76.7 Å². The lowest BCUT2D eigenvalue weighted by Crippen LogP contribution is -2.38. The van der Waals surface area contributed by atoms with Gasteiger partial charge in [0.25, 0.3) is 11.8 Å². The van der Waals surface area contributed by atoms with Crippen LogP contribution in [-0.2, 0) is 26.1 Å². The van der Waals surface area contributed by atoms with Gasteiger partial charge in [-0.25, -0.2) is 0 Å². The Hall–Kier alpha value is -5.82. The number of nitrogens with one attached hydrogen (secondary N) is 1. The summed E-state index contributed by atoms with van der Waals surface area (Å²) in [6.07, 6.45) is 3.26. The summed E-state index contributed by atoms with van der Waals surface area (Å²) in [5, 5.41) is 3.40. The largest absolute Gasteiger partial charge is 0.493 e. The Morgan fingerprint density at radius 3 is 2.02 bits per heavy atom. The molecule has 0 radical (unpaired) electrons. The first-order valence-electron chi connectivity index (χ1n) is 17.6. The summed E-state index contributed by atoms with van der Waals surface area (Å²) in [7, 11) is 3.13. The van der Waals surface area contributed by atoms with Crippen LogP contribution in [0.25, 0.3) is 0 Å². The Kier molecular flexibility index (Phi) is 8.52. The van der Waals surface area contributed by atoms with Crippen LogP contribution >= 0.6 is 22.6 Å². The van der Waals surface area contributed by atoms with Crippen LogP contribution < -0.4 is 34.1 Å². The van der Waals surface area contributed by atoms with E-state index < -0.39 is 0 Å². The van der Waals surface area contributed by atoms with Gasteiger partial charge in [0, 0.05) is 51.8 Å². The fourth-order valence-corrected chi connectivity index (χ4v) is 8.61. The minimum Gasteiger partial charge on any atom is -0.493 e. The number of benzene rings is 5. The smallest absolute Gasteiger partial charge is 0.261 e. The summed E-state index contributed by atoms with van der Waals surface area (Å²) in [4.78, 5) is 36.1. The summed E-state index contributed by atoms with van der Waals surface area (Å²) >= 11 is 2.28. The van der Waals surface area contributed by atoms with Crippen molar-refractivity contribution in [2.45, 2.75) is 38.1 Å². The number of rotatable bonds is 8. The van der Waals surface area contributed by atoms with Crippen LogP contribution in [-0.4, -0.2) is 44.3 Å². The number of ether oxygens (including phenoxy) is 4. The van der Waals surface area contributed by atoms with Crippen molar-refractivity contribution in [3.05, 3.63) is 140 Å². The first-order valence-corrected chi connectivity index (χ1v) is 18.7. The van der Waals surface area contributed by atoms with Crippen LogP contribution in [0.3, 0.4) is 0 Å². The molecule has 270 valence electrons. The van der Waals surface area contributed by atoms with Crippen molar-refractivity contribution in [3.8, 4) is 23.0 Å². The molecule has 10 nitrogen and oxygen atoms in total. The highest BCUT2D eigenvalue weighted by molar-refractivity contribution is 14.1. The van der Waals surface area contributed by atoms with Crippen LogP contribution in [0, 0.1) is 3.57 Å². The van der Waals surface area contributed by atoms with Crippen LogP contribution in [0.1, 0.15) is 43.0 Å². The van der Waals surface area contributed by atoms with E-state index in [4.69, 9.17) is 23.9 Å². The Morgan fingerprint density at radius 1 is 0.741 bits per heavy atom. The van der Waals surface area contributed by atoms with Crippen molar-refractivity contribution < 1.29 is 28.5 Å². The summed E-state index contributed by atoms with van der Waals surface area (Å²) in [6.45, 7) is 4.79. The minimum atomic E-state index is -0.193. The monoisotopic (exact) mass is 830 g/mol.